The average Bonchev–Trinajstić information content (AvgIpc) is 2.72. The smallest absolute Gasteiger partial charge is 0.191 e. The molecule has 1 aromatic carbocycles. The number of nitrogens with zero attached hydrogens (tertiary/aromatic N) is 4. The number of halogens is 1. The van der Waals surface area contributed by atoms with E-state index in [9.17, 15) is 0 Å². The van der Waals surface area contributed by atoms with E-state index in [0.717, 1.165) is 26.2 Å². The number of benzene rings is 1. The molecule has 7 heteroatoms. The molecule has 3 rings (SSSR count). The Bertz CT molecular complexity index is 561. The minimum atomic E-state index is 0. The van der Waals surface area contributed by atoms with Crippen molar-refractivity contribution in [2.24, 2.45) is 21.5 Å². The van der Waals surface area contributed by atoms with Crippen LogP contribution in [0.25, 0.3) is 0 Å². The van der Waals surface area contributed by atoms with Gasteiger partial charge in [-0.3, -0.25) is 0 Å². The van der Waals surface area contributed by atoms with Crippen molar-refractivity contribution in [2.75, 3.05) is 26.2 Å². The number of hydrogen-bond acceptors (Lipinski definition) is 2. The van der Waals surface area contributed by atoms with Gasteiger partial charge in [-0.15, -0.1) is 24.0 Å². The van der Waals surface area contributed by atoms with Crippen molar-refractivity contribution < 1.29 is 0 Å². The molecule has 2 aliphatic rings. The normalized spacial score (nSPS) is 19.0. The largest absolute Gasteiger partial charge is 0.370 e. The zero-order valence-electron chi connectivity index (χ0n) is 16.1. The molecule has 2 fully saturated rings. The summed E-state index contributed by atoms with van der Waals surface area (Å²) >= 11 is 0. The summed E-state index contributed by atoms with van der Waals surface area (Å²) in [5.74, 6) is 1.35. The Labute approximate surface area is 180 Å². The van der Waals surface area contributed by atoms with E-state index in [0.29, 0.717) is 25.0 Å². The number of likely N-dealkylation sites (tertiary alicyclic amines) is 2. The lowest BCUT2D eigenvalue weighted by molar-refractivity contribution is 0.338. The van der Waals surface area contributed by atoms with Gasteiger partial charge in [0, 0.05) is 26.2 Å². The second kappa shape index (κ2) is 11.4. The molecular formula is C20H33IN6. The van der Waals surface area contributed by atoms with E-state index in [-0.39, 0.29) is 24.0 Å². The van der Waals surface area contributed by atoms with E-state index in [2.05, 4.69) is 44.1 Å². The van der Waals surface area contributed by atoms with Gasteiger partial charge in [0.25, 0.3) is 0 Å². The number of piperidine rings is 2. The lowest BCUT2D eigenvalue weighted by Gasteiger charge is -2.27. The summed E-state index contributed by atoms with van der Waals surface area (Å²) in [7, 11) is 0. The van der Waals surface area contributed by atoms with Gasteiger partial charge in [-0.25, -0.2) is 9.98 Å². The van der Waals surface area contributed by atoms with Gasteiger partial charge in [-0.2, -0.15) is 0 Å². The summed E-state index contributed by atoms with van der Waals surface area (Å²) in [6, 6.07) is 8.42. The van der Waals surface area contributed by atoms with Crippen LogP contribution in [0.2, 0.25) is 0 Å². The van der Waals surface area contributed by atoms with Gasteiger partial charge in [-0.1, -0.05) is 24.3 Å². The number of rotatable bonds is 4. The molecule has 0 unspecified atom stereocenters. The Morgan fingerprint density at radius 1 is 0.667 bits per heavy atom. The van der Waals surface area contributed by atoms with Gasteiger partial charge in [0.1, 0.15) is 0 Å². The van der Waals surface area contributed by atoms with Crippen LogP contribution in [0.3, 0.4) is 0 Å². The van der Waals surface area contributed by atoms with E-state index in [1.807, 2.05) is 0 Å². The molecule has 0 aromatic heterocycles. The van der Waals surface area contributed by atoms with Crippen molar-refractivity contribution in [2.45, 2.75) is 51.6 Å². The maximum absolute atomic E-state index is 6.12. The topological polar surface area (TPSA) is 83.2 Å². The first-order valence-corrected chi connectivity index (χ1v) is 9.90. The van der Waals surface area contributed by atoms with Crippen LogP contribution >= 0.6 is 24.0 Å². The fourth-order valence-corrected chi connectivity index (χ4v) is 3.54. The highest BCUT2D eigenvalue weighted by Gasteiger charge is 2.12. The van der Waals surface area contributed by atoms with Crippen LogP contribution in [0.5, 0.6) is 0 Å². The van der Waals surface area contributed by atoms with Gasteiger partial charge in [0.2, 0.25) is 0 Å². The molecule has 0 radical (unpaired) electrons. The maximum Gasteiger partial charge on any atom is 0.191 e. The molecule has 150 valence electrons. The third-order valence-electron chi connectivity index (χ3n) is 5.23. The monoisotopic (exact) mass is 484 g/mol. The van der Waals surface area contributed by atoms with Crippen LogP contribution in [0.1, 0.15) is 49.7 Å². The predicted octanol–water partition coefficient (Wildman–Crippen LogP) is 2.91. The SMILES string of the molecule is I.NC(=NCc1ccc(CN=C(N)N2CCCCC2)cc1)N1CCCCC1. The van der Waals surface area contributed by atoms with Crippen LogP contribution in [0.15, 0.2) is 34.3 Å². The predicted molar refractivity (Wildman–Crippen MR) is 123 cm³/mol. The fourth-order valence-electron chi connectivity index (χ4n) is 3.54. The van der Waals surface area contributed by atoms with Crippen molar-refractivity contribution in [3.05, 3.63) is 35.4 Å². The summed E-state index contributed by atoms with van der Waals surface area (Å²) < 4.78 is 0. The highest BCUT2D eigenvalue weighted by atomic mass is 127. The summed E-state index contributed by atoms with van der Waals surface area (Å²) in [6.07, 6.45) is 7.46. The first-order valence-electron chi connectivity index (χ1n) is 9.90. The molecule has 27 heavy (non-hydrogen) atoms. The summed E-state index contributed by atoms with van der Waals surface area (Å²) in [5, 5.41) is 0. The van der Waals surface area contributed by atoms with Gasteiger partial charge >= 0.3 is 0 Å². The third-order valence-corrected chi connectivity index (χ3v) is 5.23. The quantitative estimate of drug-likeness (QED) is 0.391. The number of guanidine groups is 2. The summed E-state index contributed by atoms with van der Waals surface area (Å²) in [4.78, 5) is 13.5. The molecule has 1 aromatic rings. The van der Waals surface area contributed by atoms with Crippen molar-refractivity contribution in [3.63, 3.8) is 0 Å². The summed E-state index contributed by atoms with van der Waals surface area (Å²) in [6.45, 7) is 5.38. The molecule has 4 N–H and O–H groups in total. The highest BCUT2D eigenvalue weighted by molar-refractivity contribution is 14.0. The van der Waals surface area contributed by atoms with Crippen LogP contribution in [-0.2, 0) is 13.1 Å². The van der Waals surface area contributed by atoms with Crippen LogP contribution < -0.4 is 11.5 Å². The van der Waals surface area contributed by atoms with Crippen molar-refractivity contribution >= 4 is 35.9 Å². The van der Waals surface area contributed by atoms with Crippen molar-refractivity contribution in [1.82, 2.24) is 9.80 Å². The van der Waals surface area contributed by atoms with Crippen LogP contribution in [0, 0.1) is 0 Å². The molecular weight excluding hydrogens is 451 g/mol. The third kappa shape index (κ3) is 6.86. The van der Waals surface area contributed by atoms with Gasteiger partial charge in [-0.05, 0) is 49.7 Å². The molecule has 0 spiro atoms. The molecule has 2 saturated heterocycles. The van der Waals surface area contributed by atoms with Crippen molar-refractivity contribution in [3.8, 4) is 0 Å². The Morgan fingerprint density at radius 3 is 1.33 bits per heavy atom. The minimum Gasteiger partial charge on any atom is -0.370 e. The Morgan fingerprint density at radius 2 is 1.00 bits per heavy atom. The van der Waals surface area contributed by atoms with E-state index in [1.165, 1.54) is 49.7 Å². The fraction of sp³-hybridized carbons (Fsp3) is 0.600. The first-order chi connectivity index (χ1) is 12.7. The molecule has 6 nitrogen and oxygen atoms in total. The van der Waals surface area contributed by atoms with Crippen molar-refractivity contribution in [1.29, 1.82) is 0 Å². The maximum atomic E-state index is 6.12. The Hall–Kier alpha value is -1.51. The standard InChI is InChI=1S/C20H32N6.HI/c21-19(25-11-3-1-4-12-25)23-15-17-7-9-18(10-8-17)16-24-20(22)26-13-5-2-6-14-26;/h7-10H,1-6,11-16H2,(H2,21,23)(H2,22,24);1H. The van der Waals surface area contributed by atoms with Gasteiger partial charge in [0.05, 0.1) is 13.1 Å². The van der Waals surface area contributed by atoms with E-state index in [1.54, 1.807) is 0 Å². The Balaban J connectivity index is 0.00000261. The molecule has 0 atom stereocenters. The number of nitrogens with two attached hydrogens (primary N) is 2. The van der Waals surface area contributed by atoms with Crippen LogP contribution in [0.4, 0.5) is 0 Å². The van der Waals surface area contributed by atoms with E-state index in [4.69, 9.17) is 11.5 Å². The van der Waals surface area contributed by atoms with Crippen LogP contribution in [-0.4, -0.2) is 47.9 Å². The Kier molecular flexibility index (Phi) is 9.17. The zero-order chi connectivity index (χ0) is 18.2. The highest BCUT2D eigenvalue weighted by Crippen LogP contribution is 2.11. The molecule has 0 amide bonds. The minimum absolute atomic E-state index is 0. The second-order valence-corrected chi connectivity index (χ2v) is 7.26. The number of aliphatic imine (C=N–C) groups is 2. The lowest BCUT2D eigenvalue weighted by Crippen LogP contribution is -2.40. The molecule has 2 heterocycles. The second-order valence-electron chi connectivity index (χ2n) is 7.26. The molecule has 0 bridgehead atoms. The molecule has 2 aliphatic heterocycles. The molecule has 0 aliphatic carbocycles. The van der Waals surface area contributed by atoms with E-state index >= 15 is 0 Å². The zero-order valence-corrected chi connectivity index (χ0v) is 18.5. The molecule has 0 saturated carbocycles. The average molecular weight is 484 g/mol. The van der Waals surface area contributed by atoms with E-state index < -0.39 is 0 Å². The lowest BCUT2D eigenvalue weighted by atomic mass is 10.1. The van der Waals surface area contributed by atoms with Gasteiger partial charge in [0.15, 0.2) is 11.9 Å². The van der Waals surface area contributed by atoms with Gasteiger partial charge < -0.3 is 21.3 Å². The summed E-state index contributed by atoms with van der Waals surface area (Å²) in [5.41, 5.74) is 14.6. The first kappa shape index (κ1) is 21.8. The number of hydrogen-bond donors (Lipinski definition) is 2.